The van der Waals surface area contributed by atoms with Crippen LogP contribution in [0.4, 0.5) is 0 Å². The summed E-state index contributed by atoms with van der Waals surface area (Å²) in [6, 6.07) is 14.1. The minimum absolute atomic E-state index is 0.603. The lowest BCUT2D eigenvalue weighted by molar-refractivity contribution is 0.693. The minimum Gasteiger partial charge on any atom is -0.309 e. The van der Waals surface area contributed by atoms with Crippen molar-refractivity contribution in [1.29, 1.82) is 0 Å². The second-order valence-corrected chi connectivity index (χ2v) is 5.09. The quantitative estimate of drug-likeness (QED) is 0.863. The zero-order chi connectivity index (χ0) is 13.0. The number of aryl methyl sites for hydroxylation is 1. The maximum absolute atomic E-state index is 6.13. The molecule has 94 valence electrons. The van der Waals surface area contributed by atoms with Crippen LogP contribution in [0, 0.1) is 6.92 Å². The summed E-state index contributed by atoms with van der Waals surface area (Å²) in [7, 11) is 0. The Labute approximate surface area is 118 Å². The van der Waals surface area contributed by atoms with Gasteiger partial charge < -0.3 is 5.32 Å². The Hall–Kier alpha value is -1.02. The number of hydrogen-bond donors (Lipinski definition) is 1. The van der Waals surface area contributed by atoms with Crippen molar-refractivity contribution in [2.45, 2.75) is 20.0 Å². The van der Waals surface area contributed by atoms with E-state index in [0.29, 0.717) is 16.6 Å². The molecule has 0 fully saturated rings. The number of hydrogen-bond acceptors (Lipinski definition) is 1. The molecule has 0 radical (unpaired) electrons. The summed E-state index contributed by atoms with van der Waals surface area (Å²) in [4.78, 5) is 0. The van der Waals surface area contributed by atoms with E-state index in [9.17, 15) is 0 Å². The monoisotopic (exact) mass is 279 g/mol. The second-order valence-electron chi connectivity index (χ2n) is 4.31. The zero-order valence-electron chi connectivity index (χ0n) is 10.2. The van der Waals surface area contributed by atoms with Gasteiger partial charge in [0.1, 0.15) is 0 Å². The molecule has 18 heavy (non-hydrogen) atoms. The van der Waals surface area contributed by atoms with Gasteiger partial charge in [-0.15, -0.1) is 0 Å². The lowest BCUT2D eigenvalue weighted by atomic mass is 10.1. The van der Waals surface area contributed by atoms with Crippen LogP contribution in [-0.4, -0.2) is 0 Å². The van der Waals surface area contributed by atoms with Crippen molar-refractivity contribution < 1.29 is 0 Å². The Morgan fingerprint density at radius 3 is 2.56 bits per heavy atom. The molecule has 3 heteroatoms. The number of halogens is 2. The van der Waals surface area contributed by atoms with Gasteiger partial charge in [0.2, 0.25) is 0 Å². The maximum Gasteiger partial charge on any atom is 0.0637 e. The molecule has 0 atom stereocenters. The highest BCUT2D eigenvalue weighted by atomic mass is 35.5. The van der Waals surface area contributed by atoms with Crippen molar-refractivity contribution in [2.75, 3.05) is 0 Å². The molecule has 0 amide bonds. The largest absolute Gasteiger partial charge is 0.309 e. The predicted octanol–water partition coefficient (Wildman–Crippen LogP) is 4.59. The van der Waals surface area contributed by atoms with Gasteiger partial charge in [-0.05, 0) is 24.1 Å². The highest BCUT2D eigenvalue weighted by molar-refractivity contribution is 6.42. The van der Waals surface area contributed by atoms with Crippen LogP contribution >= 0.6 is 23.2 Å². The lowest BCUT2D eigenvalue weighted by Gasteiger charge is -2.08. The SMILES string of the molecule is Cc1cccc(CNCc2cccc(Cl)c2Cl)c1. The summed E-state index contributed by atoms with van der Waals surface area (Å²) >= 11 is 12.1. The first-order valence-electron chi connectivity index (χ1n) is 5.86. The minimum atomic E-state index is 0.603. The summed E-state index contributed by atoms with van der Waals surface area (Å²) in [6.07, 6.45) is 0. The van der Waals surface area contributed by atoms with Crippen LogP contribution < -0.4 is 5.32 Å². The van der Waals surface area contributed by atoms with Gasteiger partial charge in [-0.3, -0.25) is 0 Å². The second kappa shape index (κ2) is 6.24. The number of benzene rings is 2. The molecule has 0 unspecified atom stereocenters. The molecule has 0 aromatic heterocycles. The van der Waals surface area contributed by atoms with Crippen LogP contribution in [0.5, 0.6) is 0 Å². The van der Waals surface area contributed by atoms with Crippen molar-refractivity contribution >= 4 is 23.2 Å². The van der Waals surface area contributed by atoms with Crippen molar-refractivity contribution in [3.8, 4) is 0 Å². The molecule has 2 rings (SSSR count). The van der Waals surface area contributed by atoms with Crippen molar-refractivity contribution in [1.82, 2.24) is 5.32 Å². The third-order valence-electron chi connectivity index (χ3n) is 2.76. The van der Waals surface area contributed by atoms with Gasteiger partial charge in [-0.1, -0.05) is 65.2 Å². The molecule has 1 N–H and O–H groups in total. The molecule has 0 saturated carbocycles. The summed E-state index contributed by atoms with van der Waals surface area (Å²) in [6.45, 7) is 3.63. The highest BCUT2D eigenvalue weighted by Crippen LogP contribution is 2.25. The van der Waals surface area contributed by atoms with E-state index in [1.807, 2.05) is 12.1 Å². The van der Waals surface area contributed by atoms with Crippen molar-refractivity contribution in [3.63, 3.8) is 0 Å². The first kappa shape index (κ1) is 13.4. The van der Waals surface area contributed by atoms with Gasteiger partial charge in [0.25, 0.3) is 0 Å². The first-order chi connectivity index (χ1) is 8.66. The summed E-state index contributed by atoms with van der Waals surface area (Å²) < 4.78 is 0. The molecule has 1 nitrogen and oxygen atoms in total. The Balaban J connectivity index is 1.94. The van der Waals surface area contributed by atoms with Gasteiger partial charge in [-0.25, -0.2) is 0 Å². The van der Waals surface area contributed by atoms with E-state index in [1.54, 1.807) is 6.07 Å². The number of rotatable bonds is 4. The predicted molar refractivity (Wildman–Crippen MR) is 78.2 cm³/mol. The highest BCUT2D eigenvalue weighted by Gasteiger charge is 2.03. The van der Waals surface area contributed by atoms with Crippen molar-refractivity contribution in [3.05, 3.63) is 69.2 Å². The molecular weight excluding hydrogens is 265 g/mol. The summed E-state index contributed by atoms with van der Waals surface area (Å²) in [5, 5.41) is 4.61. The Bertz CT molecular complexity index is 538. The standard InChI is InChI=1S/C15H15Cl2N/c1-11-4-2-5-12(8-11)9-18-10-13-6-3-7-14(16)15(13)17/h2-8,18H,9-10H2,1H3. The molecular formula is C15H15Cl2N. The smallest absolute Gasteiger partial charge is 0.0637 e. The van der Waals surface area contributed by atoms with Crippen LogP contribution in [0.1, 0.15) is 16.7 Å². The molecule has 0 heterocycles. The van der Waals surface area contributed by atoms with Crippen LogP contribution in [-0.2, 0) is 13.1 Å². The van der Waals surface area contributed by atoms with E-state index in [0.717, 1.165) is 12.1 Å². The van der Waals surface area contributed by atoms with Gasteiger partial charge in [0.15, 0.2) is 0 Å². The maximum atomic E-state index is 6.13. The molecule has 0 aliphatic rings. The van der Waals surface area contributed by atoms with E-state index in [4.69, 9.17) is 23.2 Å². The summed E-state index contributed by atoms with van der Waals surface area (Å²) in [5.41, 5.74) is 3.57. The molecule has 0 aliphatic carbocycles. The van der Waals surface area contributed by atoms with Crippen LogP contribution in [0.25, 0.3) is 0 Å². The van der Waals surface area contributed by atoms with Crippen LogP contribution in [0.15, 0.2) is 42.5 Å². The normalized spacial score (nSPS) is 10.6. The fourth-order valence-corrected chi connectivity index (χ4v) is 2.24. The lowest BCUT2D eigenvalue weighted by Crippen LogP contribution is -2.13. The van der Waals surface area contributed by atoms with E-state index in [-0.39, 0.29) is 0 Å². The molecule has 0 bridgehead atoms. The van der Waals surface area contributed by atoms with Crippen LogP contribution in [0.2, 0.25) is 10.0 Å². The molecule has 2 aromatic carbocycles. The van der Waals surface area contributed by atoms with Gasteiger partial charge in [0.05, 0.1) is 10.0 Å². The molecule has 0 aliphatic heterocycles. The molecule has 0 saturated heterocycles. The van der Waals surface area contributed by atoms with E-state index >= 15 is 0 Å². The fourth-order valence-electron chi connectivity index (χ4n) is 1.85. The van der Waals surface area contributed by atoms with Gasteiger partial charge >= 0.3 is 0 Å². The van der Waals surface area contributed by atoms with E-state index in [1.165, 1.54) is 11.1 Å². The van der Waals surface area contributed by atoms with Gasteiger partial charge in [0, 0.05) is 13.1 Å². The molecule has 0 spiro atoms. The first-order valence-corrected chi connectivity index (χ1v) is 6.61. The van der Waals surface area contributed by atoms with Crippen LogP contribution in [0.3, 0.4) is 0 Å². The number of nitrogens with one attached hydrogen (secondary N) is 1. The van der Waals surface area contributed by atoms with E-state index in [2.05, 4.69) is 36.5 Å². The third-order valence-corrected chi connectivity index (χ3v) is 3.62. The van der Waals surface area contributed by atoms with Gasteiger partial charge in [-0.2, -0.15) is 0 Å². The Morgan fingerprint density at radius 1 is 1.00 bits per heavy atom. The Morgan fingerprint density at radius 2 is 1.78 bits per heavy atom. The average Bonchev–Trinajstić information content (AvgIpc) is 2.35. The topological polar surface area (TPSA) is 12.0 Å². The summed E-state index contributed by atoms with van der Waals surface area (Å²) in [5.74, 6) is 0. The zero-order valence-corrected chi connectivity index (χ0v) is 11.7. The molecule has 2 aromatic rings. The average molecular weight is 280 g/mol. The van der Waals surface area contributed by atoms with Crippen molar-refractivity contribution in [2.24, 2.45) is 0 Å². The van der Waals surface area contributed by atoms with E-state index < -0.39 is 0 Å². The third kappa shape index (κ3) is 3.49. The fraction of sp³-hybridized carbons (Fsp3) is 0.200. The Kier molecular flexibility index (Phi) is 4.65.